The second kappa shape index (κ2) is 7.89. The summed E-state index contributed by atoms with van der Waals surface area (Å²) in [5, 5.41) is 8.36. The molecule has 0 aliphatic rings. The summed E-state index contributed by atoms with van der Waals surface area (Å²) in [6, 6.07) is 6.75. The number of anilines is 1. The maximum Gasteiger partial charge on any atom is 0.265 e. The molecule has 2 aromatic heterocycles. The Labute approximate surface area is 175 Å². The maximum absolute atomic E-state index is 12.8. The molecule has 29 heavy (non-hydrogen) atoms. The van der Waals surface area contributed by atoms with Crippen molar-refractivity contribution in [1.29, 1.82) is 0 Å². The van der Waals surface area contributed by atoms with Crippen LogP contribution in [0.1, 0.15) is 34.8 Å². The fraction of sp³-hybridized carbons (Fsp3) is 0.400. The van der Waals surface area contributed by atoms with Gasteiger partial charge < -0.3 is 5.32 Å². The van der Waals surface area contributed by atoms with Crippen molar-refractivity contribution in [2.45, 2.75) is 39.1 Å². The van der Waals surface area contributed by atoms with Gasteiger partial charge in [-0.1, -0.05) is 19.9 Å². The van der Waals surface area contributed by atoms with Gasteiger partial charge in [-0.3, -0.25) is 9.48 Å². The minimum atomic E-state index is -3.59. The number of aryl methyl sites for hydroxylation is 2. The molecule has 3 rings (SSSR count). The van der Waals surface area contributed by atoms with Gasteiger partial charge in [-0.2, -0.15) is 5.10 Å². The number of aromatic nitrogens is 2. The summed E-state index contributed by atoms with van der Waals surface area (Å²) in [7, 11) is -0.620. The summed E-state index contributed by atoms with van der Waals surface area (Å²) in [5.74, 6) is 0.181. The van der Waals surface area contributed by atoms with Crippen molar-refractivity contribution in [2.24, 2.45) is 5.92 Å². The molecule has 1 aromatic carbocycles. The Hall–Kier alpha value is -2.23. The minimum Gasteiger partial charge on any atom is -0.321 e. The zero-order valence-corrected chi connectivity index (χ0v) is 19.1. The second-order valence-corrected chi connectivity index (χ2v) is 10.9. The van der Waals surface area contributed by atoms with E-state index in [1.165, 1.54) is 31.5 Å². The summed E-state index contributed by atoms with van der Waals surface area (Å²) in [6.07, 6.45) is 0. The smallest absolute Gasteiger partial charge is 0.265 e. The Morgan fingerprint density at radius 1 is 1.24 bits per heavy atom. The van der Waals surface area contributed by atoms with Crippen molar-refractivity contribution >= 4 is 43.2 Å². The highest BCUT2D eigenvalue weighted by Gasteiger charge is 2.21. The SMILES string of the molecule is Cc1ccc(NC(=O)c2cc3c(C)nn(CC(C)C)c3s2)cc1S(=O)(=O)N(C)C. The van der Waals surface area contributed by atoms with Gasteiger partial charge in [-0.15, -0.1) is 11.3 Å². The number of hydrogen-bond donors (Lipinski definition) is 1. The van der Waals surface area contributed by atoms with Crippen LogP contribution >= 0.6 is 11.3 Å². The van der Waals surface area contributed by atoms with E-state index in [-0.39, 0.29) is 10.8 Å². The molecule has 0 radical (unpaired) electrons. The number of hydrogen-bond acceptors (Lipinski definition) is 5. The number of sulfonamides is 1. The highest BCUT2D eigenvalue weighted by Crippen LogP contribution is 2.30. The van der Waals surface area contributed by atoms with Crippen LogP contribution in [0.2, 0.25) is 0 Å². The highest BCUT2D eigenvalue weighted by atomic mass is 32.2. The molecule has 7 nitrogen and oxygen atoms in total. The zero-order valence-electron chi connectivity index (χ0n) is 17.5. The van der Waals surface area contributed by atoms with Gasteiger partial charge in [0.05, 0.1) is 15.5 Å². The third kappa shape index (κ3) is 4.22. The van der Waals surface area contributed by atoms with E-state index in [4.69, 9.17) is 0 Å². The molecule has 2 heterocycles. The van der Waals surface area contributed by atoms with Crippen LogP contribution < -0.4 is 5.32 Å². The Bertz CT molecular complexity index is 1170. The van der Waals surface area contributed by atoms with Crippen molar-refractivity contribution in [3.05, 3.63) is 40.4 Å². The summed E-state index contributed by atoms with van der Waals surface area (Å²) >= 11 is 1.39. The third-order valence-electron chi connectivity index (χ3n) is 4.57. The molecule has 0 saturated heterocycles. The van der Waals surface area contributed by atoms with Gasteiger partial charge in [0.1, 0.15) is 4.83 Å². The van der Waals surface area contributed by atoms with Gasteiger partial charge in [0.2, 0.25) is 10.0 Å². The van der Waals surface area contributed by atoms with E-state index in [1.807, 2.05) is 17.7 Å². The molecule has 3 aromatic rings. The lowest BCUT2D eigenvalue weighted by Crippen LogP contribution is -2.23. The van der Waals surface area contributed by atoms with Crippen LogP contribution in [0, 0.1) is 19.8 Å². The first kappa shape index (κ1) is 21.5. The number of carbonyl (C=O) groups is 1. The molecule has 0 spiro atoms. The monoisotopic (exact) mass is 434 g/mol. The molecule has 9 heteroatoms. The predicted molar refractivity (Wildman–Crippen MR) is 117 cm³/mol. The molecule has 0 aliphatic carbocycles. The van der Waals surface area contributed by atoms with Crippen LogP contribution in [0.15, 0.2) is 29.2 Å². The van der Waals surface area contributed by atoms with Crippen molar-refractivity contribution < 1.29 is 13.2 Å². The molecule has 156 valence electrons. The summed E-state index contributed by atoms with van der Waals surface area (Å²) in [5.41, 5.74) is 1.97. The number of rotatable bonds is 6. The third-order valence-corrected chi connectivity index (χ3v) is 7.68. The van der Waals surface area contributed by atoms with Crippen LogP contribution in [0.5, 0.6) is 0 Å². The number of nitrogens with zero attached hydrogens (tertiary/aromatic N) is 3. The van der Waals surface area contributed by atoms with Gasteiger partial charge in [0.25, 0.3) is 5.91 Å². The van der Waals surface area contributed by atoms with E-state index in [1.54, 1.807) is 19.1 Å². The number of amides is 1. The van der Waals surface area contributed by atoms with Crippen molar-refractivity contribution in [3.8, 4) is 0 Å². The van der Waals surface area contributed by atoms with Gasteiger partial charge in [-0.25, -0.2) is 12.7 Å². The van der Waals surface area contributed by atoms with Crippen LogP contribution in [-0.2, 0) is 16.6 Å². The summed E-state index contributed by atoms with van der Waals surface area (Å²) in [4.78, 5) is 14.5. The Morgan fingerprint density at radius 3 is 2.55 bits per heavy atom. The van der Waals surface area contributed by atoms with E-state index < -0.39 is 10.0 Å². The van der Waals surface area contributed by atoms with Crippen LogP contribution in [0.25, 0.3) is 10.2 Å². The lowest BCUT2D eigenvalue weighted by Gasteiger charge is -2.15. The number of nitrogens with one attached hydrogen (secondary N) is 1. The Balaban J connectivity index is 1.91. The first-order valence-corrected chi connectivity index (χ1v) is 11.6. The molecule has 0 saturated carbocycles. The Kier molecular flexibility index (Phi) is 5.84. The van der Waals surface area contributed by atoms with Gasteiger partial charge in [-0.05, 0) is 43.5 Å². The number of fused-ring (bicyclic) bond motifs is 1. The molecule has 1 amide bonds. The fourth-order valence-electron chi connectivity index (χ4n) is 3.04. The van der Waals surface area contributed by atoms with E-state index in [0.717, 1.165) is 26.8 Å². The van der Waals surface area contributed by atoms with E-state index in [2.05, 4.69) is 24.3 Å². The number of benzene rings is 1. The fourth-order valence-corrected chi connectivity index (χ4v) is 5.25. The number of carbonyl (C=O) groups excluding carboxylic acids is 1. The summed E-state index contributed by atoms with van der Waals surface area (Å²) < 4.78 is 28.1. The van der Waals surface area contributed by atoms with Crippen LogP contribution in [0.3, 0.4) is 0 Å². The van der Waals surface area contributed by atoms with Crippen molar-refractivity contribution in [3.63, 3.8) is 0 Å². The van der Waals surface area contributed by atoms with Gasteiger partial charge in [0.15, 0.2) is 0 Å². The number of thiophene rings is 1. The molecule has 0 fully saturated rings. The molecule has 0 unspecified atom stereocenters. The lowest BCUT2D eigenvalue weighted by molar-refractivity contribution is 0.103. The highest BCUT2D eigenvalue weighted by molar-refractivity contribution is 7.89. The van der Waals surface area contributed by atoms with Crippen LogP contribution in [0.4, 0.5) is 5.69 Å². The normalized spacial score (nSPS) is 12.3. The second-order valence-electron chi connectivity index (χ2n) is 7.71. The lowest BCUT2D eigenvalue weighted by atomic mass is 10.2. The first-order chi connectivity index (χ1) is 13.5. The van der Waals surface area contributed by atoms with Gasteiger partial charge >= 0.3 is 0 Å². The van der Waals surface area contributed by atoms with Crippen molar-refractivity contribution in [1.82, 2.24) is 14.1 Å². The standard InChI is InChI=1S/C20H26N4O3S2/c1-12(2)11-24-20-16(14(4)22-24)10-17(28-20)19(25)21-15-8-7-13(3)18(9-15)29(26,27)23(5)6/h7-10,12H,11H2,1-6H3,(H,21,25). The minimum absolute atomic E-state index is 0.181. The summed E-state index contributed by atoms with van der Waals surface area (Å²) in [6.45, 7) is 8.71. The Morgan fingerprint density at radius 2 is 1.93 bits per heavy atom. The van der Waals surface area contributed by atoms with E-state index in [9.17, 15) is 13.2 Å². The molecule has 0 aliphatic heterocycles. The first-order valence-electron chi connectivity index (χ1n) is 9.32. The van der Waals surface area contributed by atoms with E-state index in [0.29, 0.717) is 22.0 Å². The van der Waals surface area contributed by atoms with Crippen LogP contribution in [-0.4, -0.2) is 42.5 Å². The maximum atomic E-state index is 12.8. The molecule has 1 N–H and O–H groups in total. The van der Waals surface area contributed by atoms with Crippen molar-refractivity contribution in [2.75, 3.05) is 19.4 Å². The van der Waals surface area contributed by atoms with Gasteiger partial charge in [0, 0.05) is 31.7 Å². The molecular weight excluding hydrogens is 408 g/mol. The molecule has 0 atom stereocenters. The predicted octanol–water partition coefficient (Wildman–Crippen LogP) is 3.87. The average molecular weight is 435 g/mol. The largest absolute Gasteiger partial charge is 0.321 e. The average Bonchev–Trinajstić information content (AvgIpc) is 3.18. The van der Waals surface area contributed by atoms with E-state index >= 15 is 0 Å². The quantitative estimate of drug-likeness (QED) is 0.638. The molecule has 0 bridgehead atoms. The zero-order chi connectivity index (χ0) is 21.5. The topological polar surface area (TPSA) is 84.3 Å². The molecular formula is C20H26N4O3S2.